The Balaban J connectivity index is 2.73. The molecular formula is C18H24F3N3O3. The van der Waals surface area contributed by atoms with E-state index in [1.54, 1.807) is 20.8 Å². The van der Waals surface area contributed by atoms with Crippen molar-refractivity contribution < 1.29 is 27.6 Å². The predicted octanol–water partition coefficient (Wildman–Crippen LogP) is 3.54. The summed E-state index contributed by atoms with van der Waals surface area (Å²) in [7, 11) is 0. The first kappa shape index (κ1) is 22.5. The molecule has 0 saturated carbocycles. The van der Waals surface area contributed by atoms with Gasteiger partial charge in [-0.25, -0.2) is 0 Å². The molecule has 6 nitrogen and oxygen atoms in total. The summed E-state index contributed by atoms with van der Waals surface area (Å²) in [6.45, 7) is 6.75. The van der Waals surface area contributed by atoms with Crippen LogP contribution < -0.4 is 16.0 Å². The number of hydrogen-bond acceptors (Lipinski definition) is 3. The van der Waals surface area contributed by atoms with E-state index in [4.69, 9.17) is 0 Å². The largest absolute Gasteiger partial charge is 0.416 e. The van der Waals surface area contributed by atoms with Gasteiger partial charge in [0.15, 0.2) is 0 Å². The van der Waals surface area contributed by atoms with Crippen LogP contribution in [0.2, 0.25) is 0 Å². The Morgan fingerprint density at radius 2 is 1.63 bits per heavy atom. The molecule has 0 bridgehead atoms. The van der Waals surface area contributed by atoms with Gasteiger partial charge in [0.25, 0.3) is 0 Å². The summed E-state index contributed by atoms with van der Waals surface area (Å²) >= 11 is 0. The van der Waals surface area contributed by atoms with Crippen molar-refractivity contribution in [3.63, 3.8) is 0 Å². The Morgan fingerprint density at radius 1 is 1.00 bits per heavy atom. The molecule has 0 aromatic heterocycles. The third kappa shape index (κ3) is 7.67. The van der Waals surface area contributed by atoms with Crippen LogP contribution in [0.4, 0.5) is 24.5 Å². The van der Waals surface area contributed by atoms with Crippen molar-refractivity contribution in [1.29, 1.82) is 0 Å². The maximum Gasteiger partial charge on any atom is 0.416 e. The van der Waals surface area contributed by atoms with Crippen LogP contribution in [0.3, 0.4) is 0 Å². The predicted molar refractivity (Wildman–Crippen MR) is 96.1 cm³/mol. The molecule has 9 heteroatoms. The van der Waals surface area contributed by atoms with E-state index in [1.165, 1.54) is 6.92 Å². The van der Waals surface area contributed by atoms with Crippen LogP contribution in [0, 0.1) is 5.41 Å². The molecule has 0 unspecified atom stereocenters. The molecule has 0 aliphatic carbocycles. The Bertz CT molecular complexity index is 710. The summed E-state index contributed by atoms with van der Waals surface area (Å²) in [6, 6.07) is 2.68. The average molecular weight is 387 g/mol. The highest BCUT2D eigenvalue weighted by atomic mass is 19.4. The number of carbonyl (C=O) groups excluding carboxylic acids is 3. The number of carbonyl (C=O) groups is 3. The number of hydrogen-bond donors (Lipinski definition) is 3. The Hall–Kier alpha value is -2.58. The summed E-state index contributed by atoms with van der Waals surface area (Å²) in [5, 5.41) is 7.44. The fourth-order valence-electron chi connectivity index (χ4n) is 2.05. The molecule has 27 heavy (non-hydrogen) atoms. The van der Waals surface area contributed by atoms with E-state index in [-0.39, 0.29) is 30.2 Å². The number of benzene rings is 1. The van der Waals surface area contributed by atoms with Crippen molar-refractivity contribution >= 4 is 29.1 Å². The van der Waals surface area contributed by atoms with Crippen molar-refractivity contribution in [2.75, 3.05) is 17.2 Å². The Kier molecular flexibility index (Phi) is 7.38. The quantitative estimate of drug-likeness (QED) is 0.653. The molecule has 0 spiro atoms. The summed E-state index contributed by atoms with van der Waals surface area (Å²) in [5.41, 5.74) is -1.55. The molecule has 0 saturated heterocycles. The molecule has 0 fully saturated rings. The summed E-state index contributed by atoms with van der Waals surface area (Å²) < 4.78 is 38.6. The van der Waals surface area contributed by atoms with Crippen LogP contribution >= 0.6 is 0 Å². The smallest absolute Gasteiger partial charge is 0.356 e. The van der Waals surface area contributed by atoms with Gasteiger partial charge in [-0.05, 0) is 24.6 Å². The number of anilines is 2. The average Bonchev–Trinajstić information content (AvgIpc) is 2.50. The van der Waals surface area contributed by atoms with Gasteiger partial charge in [-0.2, -0.15) is 13.2 Å². The molecule has 3 amide bonds. The zero-order valence-corrected chi connectivity index (χ0v) is 15.7. The highest BCUT2D eigenvalue weighted by molar-refractivity contribution is 5.99. The second-order valence-electron chi connectivity index (χ2n) is 7.10. The van der Waals surface area contributed by atoms with Crippen LogP contribution in [-0.4, -0.2) is 24.3 Å². The topological polar surface area (TPSA) is 87.3 Å². The second-order valence-corrected chi connectivity index (χ2v) is 7.10. The third-order valence-electron chi connectivity index (χ3n) is 3.48. The first-order valence-corrected chi connectivity index (χ1v) is 8.37. The van der Waals surface area contributed by atoms with E-state index in [9.17, 15) is 27.6 Å². The van der Waals surface area contributed by atoms with Gasteiger partial charge in [0.1, 0.15) is 0 Å². The lowest BCUT2D eigenvalue weighted by Gasteiger charge is -2.17. The van der Waals surface area contributed by atoms with Gasteiger partial charge in [-0.3, -0.25) is 14.4 Å². The van der Waals surface area contributed by atoms with Gasteiger partial charge >= 0.3 is 6.18 Å². The molecule has 0 atom stereocenters. The maximum atomic E-state index is 12.9. The molecule has 0 aliphatic rings. The van der Waals surface area contributed by atoms with Crippen LogP contribution in [0.1, 0.15) is 46.1 Å². The van der Waals surface area contributed by atoms with Gasteiger partial charge < -0.3 is 16.0 Å². The number of amides is 3. The molecule has 1 aromatic rings. The van der Waals surface area contributed by atoms with Crippen molar-refractivity contribution in [2.45, 2.75) is 46.7 Å². The molecule has 0 heterocycles. The van der Waals surface area contributed by atoms with Crippen LogP contribution in [-0.2, 0) is 20.6 Å². The van der Waals surface area contributed by atoms with E-state index in [0.29, 0.717) is 6.42 Å². The SMILES string of the molecule is CC(=O)Nc1ccc(C(F)(F)F)cc1NC(=O)CCCNC(=O)C(C)(C)C. The normalized spacial score (nSPS) is 11.7. The lowest BCUT2D eigenvalue weighted by molar-refractivity contribution is -0.137. The van der Waals surface area contributed by atoms with Crippen molar-refractivity contribution in [3.05, 3.63) is 23.8 Å². The molecule has 0 aliphatic heterocycles. The van der Waals surface area contributed by atoms with Gasteiger partial charge in [-0.1, -0.05) is 20.8 Å². The molecule has 3 N–H and O–H groups in total. The molecular weight excluding hydrogens is 363 g/mol. The minimum atomic E-state index is -4.58. The van der Waals surface area contributed by atoms with E-state index < -0.39 is 29.0 Å². The Labute approximate surface area is 155 Å². The zero-order valence-electron chi connectivity index (χ0n) is 15.7. The fourth-order valence-corrected chi connectivity index (χ4v) is 2.05. The minimum Gasteiger partial charge on any atom is -0.356 e. The van der Waals surface area contributed by atoms with E-state index in [1.807, 2.05) is 0 Å². The van der Waals surface area contributed by atoms with Crippen molar-refractivity contribution in [1.82, 2.24) is 5.32 Å². The van der Waals surface area contributed by atoms with E-state index >= 15 is 0 Å². The first-order valence-electron chi connectivity index (χ1n) is 8.37. The number of alkyl halides is 3. The third-order valence-corrected chi connectivity index (χ3v) is 3.48. The highest BCUT2D eigenvalue weighted by Gasteiger charge is 2.31. The van der Waals surface area contributed by atoms with E-state index in [2.05, 4.69) is 16.0 Å². The van der Waals surface area contributed by atoms with Crippen LogP contribution in [0.15, 0.2) is 18.2 Å². The van der Waals surface area contributed by atoms with Gasteiger partial charge in [0, 0.05) is 25.3 Å². The summed E-state index contributed by atoms with van der Waals surface area (Å²) in [4.78, 5) is 35.0. The number of nitrogens with one attached hydrogen (secondary N) is 3. The molecule has 1 aromatic carbocycles. The monoisotopic (exact) mass is 387 g/mol. The standard InChI is InChI=1S/C18H24F3N3O3/c1-11(25)23-13-8-7-12(18(19,20)21)10-14(13)24-15(26)6-5-9-22-16(27)17(2,3)4/h7-8,10H,5-6,9H2,1-4H3,(H,22,27)(H,23,25)(H,24,26). The summed E-state index contributed by atoms with van der Waals surface area (Å²) in [6.07, 6.45) is -4.26. The molecule has 1 rings (SSSR count). The Morgan fingerprint density at radius 3 is 2.15 bits per heavy atom. The fraction of sp³-hybridized carbons (Fsp3) is 0.500. The van der Waals surface area contributed by atoms with Gasteiger partial charge in [0.2, 0.25) is 17.7 Å². The van der Waals surface area contributed by atoms with Crippen molar-refractivity contribution in [3.8, 4) is 0 Å². The summed E-state index contributed by atoms with van der Waals surface area (Å²) in [5.74, 6) is -1.16. The molecule has 0 radical (unpaired) electrons. The zero-order chi connectivity index (χ0) is 20.8. The maximum absolute atomic E-state index is 12.9. The second kappa shape index (κ2) is 8.88. The number of halogens is 3. The van der Waals surface area contributed by atoms with Crippen molar-refractivity contribution in [2.24, 2.45) is 5.41 Å². The van der Waals surface area contributed by atoms with Crippen LogP contribution in [0.25, 0.3) is 0 Å². The van der Waals surface area contributed by atoms with E-state index in [0.717, 1.165) is 18.2 Å². The van der Waals surface area contributed by atoms with Crippen LogP contribution in [0.5, 0.6) is 0 Å². The van der Waals surface area contributed by atoms with Gasteiger partial charge in [0.05, 0.1) is 16.9 Å². The lowest BCUT2D eigenvalue weighted by Crippen LogP contribution is -2.35. The molecule has 150 valence electrons. The highest BCUT2D eigenvalue weighted by Crippen LogP contribution is 2.34. The lowest BCUT2D eigenvalue weighted by atomic mass is 9.96. The number of rotatable bonds is 6. The first-order chi connectivity index (χ1) is 12.3. The van der Waals surface area contributed by atoms with Gasteiger partial charge in [-0.15, -0.1) is 0 Å². The minimum absolute atomic E-state index is 0.000178.